The van der Waals surface area contributed by atoms with Gasteiger partial charge >= 0.3 is 0 Å². The second kappa shape index (κ2) is 15.4. The van der Waals surface area contributed by atoms with Gasteiger partial charge in [0.05, 0.1) is 6.61 Å². The van der Waals surface area contributed by atoms with Crippen LogP contribution in [0.3, 0.4) is 0 Å². The number of hydrogen-bond acceptors (Lipinski definition) is 2. The Morgan fingerprint density at radius 2 is 1.89 bits per heavy atom. The number of rotatable bonds is 8. The number of carbonyl (C=O) groups is 1. The predicted molar refractivity (Wildman–Crippen MR) is 79.4 cm³/mol. The van der Waals surface area contributed by atoms with Crippen LogP contribution in [0.15, 0.2) is 48.6 Å². The Hall–Kier alpha value is -1.57. The fraction of sp³-hybridized carbons (Fsp3) is 0.438. The molecule has 2 nitrogen and oxygen atoms in total. The van der Waals surface area contributed by atoms with Crippen LogP contribution in [0.4, 0.5) is 0 Å². The summed E-state index contributed by atoms with van der Waals surface area (Å²) in [5.74, 6) is 0. The number of hydrogen-bond donors (Lipinski definition) is 0. The van der Waals surface area contributed by atoms with Crippen molar-refractivity contribution in [3.8, 4) is 0 Å². The Bertz CT molecular complexity index is 281. The highest BCUT2D eigenvalue weighted by Gasteiger charge is 1.92. The van der Waals surface area contributed by atoms with E-state index >= 15 is 0 Å². The molecule has 0 bridgehead atoms. The quantitative estimate of drug-likeness (QED) is 0.272. The molecule has 0 rings (SSSR count). The SMILES string of the molecule is C=C(C)C.C=C/C=C(\C=C/C)CCCCOC=O. The topological polar surface area (TPSA) is 26.3 Å². The largest absolute Gasteiger partial charge is 0.468 e. The maximum absolute atomic E-state index is 9.85. The Morgan fingerprint density at radius 1 is 1.28 bits per heavy atom. The van der Waals surface area contributed by atoms with Gasteiger partial charge in [-0.25, -0.2) is 0 Å². The normalized spacial score (nSPS) is 10.5. The summed E-state index contributed by atoms with van der Waals surface area (Å²) in [5.41, 5.74) is 2.42. The fourth-order valence-corrected chi connectivity index (χ4v) is 1.15. The summed E-state index contributed by atoms with van der Waals surface area (Å²) in [6, 6.07) is 0. The van der Waals surface area contributed by atoms with Gasteiger partial charge in [-0.1, -0.05) is 36.5 Å². The molecule has 0 fully saturated rings. The van der Waals surface area contributed by atoms with Gasteiger partial charge in [0.2, 0.25) is 0 Å². The highest BCUT2D eigenvalue weighted by Crippen LogP contribution is 2.09. The summed E-state index contributed by atoms with van der Waals surface area (Å²) in [6.45, 7) is 14.2. The molecule has 0 amide bonds. The molecule has 0 unspecified atom stereocenters. The zero-order valence-electron chi connectivity index (χ0n) is 11.9. The number of carbonyl (C=O) groups excluding carboxylic acids is 1. The third-order valence-corrected chi connectivity index (χ3v) is 1.76. The summed E-state index contributed by atoms with van der Waals surface area (Å²) < 4.78 is 4.60. The van der Waals surface area contributed by atoms with Crippen molar-refractivity contribution in [1.82, 2.24) is 0 Å². The average Bonchev–Trinajstić information content (AvgIpc) is 2.28. The minimum Gasteiger partial charge on any atom is -0.468 e. The molecule has 0 N–H and O–H groups in total. The van der Waals surface area contributed by atoms with E-state index in [0.29, 0.717) is 13.1 Å². The number of allylic oxidation sites excluding steroid dienone is 6. The van der Waals surface area contributed by atoms with Crippen molar-refractivity contribution in [3.63, 3.8) is 0 Å². The molecule has 0 saturated heterocycles. The molecule has 0 aliphatic rings. The first-order chi connectivity index (χ1) is 8.58. The molecule has 102 valence electrons. The lowest BCUT2D eigenvalue weighted by Gasteiger charge is -2.01. The van der Waals surface area contributed by atoms with Gasteiger partial charge in [-0.2, -0.15) is 0 Å². The number of unbranched alkanes of at least 4 members (excludes halogenated alkanes) is 1. The monoisotopic (exact) mass is 250 g/mol. The lowest BCUT2D eigenvalue weighted by molar-refractivity contribution is -0.128. The van der Waals surface area contributed by atoms with Crippen molar-refractivity contribution in [2.45, 2.75) is 40.0 Å². The van der Waals surface area contributed by atoms with E-state index in [1.807, 2.05) is 32.9 Å². The van der Waals surface area contributed by atoms with Crippen LogP contribution in [-0.4, -0.2) is 13.1 Å². The van der Waals surface area contributed by atoms with Gasteiger partial charge in [-0.15, -0.1) is 6.58 Å². The predicted octanol–water partition coefficient (Wildman–Crippen LogP) is 4.60. The smallest absolute Gasteiger partial charge is 0.293 e. The summed E-state index contributed by atoms with van der Waals surface area (Å²) >= 11 is 0. The van der Waals surface area contributed by atoms with E-state index in [0.717, 1.165) is 19.3 Å². The molecule has 0 heterocycles. The summed E-state index contributed by atoms with van der Waals surface area (Å²) in [7, 11) is 0. The molecule has 0 spiro atoms. The highest BCUT2D eigenvalue weighted by molar-refractivity contribution is 5.36. The van der Waals surface area contributed by atoms with Crippen LogP contribution in [0.5, 0.6) is 0 Å². The molecule has 0 aromatic heterocycles. The van der Waals surface area contributed by atoms with Crippen LogP contribution < -0.4 is 0 Å². The zero-order valence-corrected chi connectivity index (χ0v) is 11.9. The van der Waals surface area contributed by atoms with Crippen molar-refractivity contribution in [1.29, 1.82) is 0 Å². The standard InChI is InChI=1S/C12H18O2.C4H8/c1-3-7-12(8-4-2)9-5-6-10-14-11-13;1-4(2)3/h3-4,7-8,11H,1,5-6,9-10H2,2H3;1H2,2-3H3/b8-4-,12-7+;. The molecule has 0 radical (unpaired) electrons. The third kappa shape index (κ3) is 19.9. The molecule has 2 heteroatoms. The van der Waals surface area contributed by atoms with Crippen LogP contribution in [0, 0.1) is 0 Å². The number of ether oxygens (including phenoxy) is 1. The molecule has 0 aliphatic carbocycles. The maximum Gasteiger partial charge on any atom is 0.293 e. The summed E-state index contributed by atoms with van der Waals surface area (Å²) in [4.78, 5) is 9.85. The van der Waals surface area contributed by atoms with Gasteiger partial charge in [0, 0.05) is 0 Å². The molecule has 0 saturated carbocycles. The lowest BCUT2D eigenvalue weighted by atomic mass is 10.1. The Labute approximate surface area is 112 Å². The molecular formula is C16H26O2. The van der Waals surface area contributed by atoms with E-state index in [1.54, 1.807) is 6.08 Å². The molecule has 0 aromatic carbocycles. The van der Waals surface area contributed by atoms with Crippen LogP contribution in [0.1, 0.15) is 40.0 Å². The Balaban J connectivity index is 0. The van der Waals surface area contributed by atoms with Crippen molar-refractivity contribution >= 4 is 6.47 Å². The Morgan fingerprint density at radius 3 is 2.33 bits per heavy atom. The van der Waals surface area contributed by atoms with Crippen LogP contribution in [-0.2, 0) is 9.53 Å². The van der Waals surface area contributed by atoms with Crippen molar-refractivity contribution in [2.75, 3.05) is 6.61 Å². The van der Waals surface area contributed by atoms with Gasteiger partial charge in [0.15, 0.2) is 0 Å². The van der Waals surface area contributed by atoms with E-state index < -0.39 is 0 Å². The van der Waals surface area contributed by atoms with E-state index in [1.165, 1.54) is 11.1 Å². The summed E-state index contributed by atoms with van der Waals surface area (Å²) in [5, 5.41) is 0. The van der Waals surface area contributed by atoms with Crippen molar-refractivity contribution in [2.24, 2.45) is 0 Å². The van der Waals surface area contributed by atoms with Crippen molar-refractivity contribution in [3.05, 3.63) is 48.6 Å². The third-order valence-electron chi connectivity index (χ3n) is 1.76. The molecule has 0 aliphatic heterocycles. The lowest BCUT2D eigenvalue weighted by Crippen LogP contribution is -1.91. The van der Waals surface area contributed by atoms with E-state index in [9.17, 15) is 4.79 Å². The van der Waals surface area contributed by atoms with Crippen LogP contribution >= 0.6 is 0 Å². The van der Waals surface area contributed by atoms with Gasteiger partial charge in [-0.3, -0.25) is 4.79 Å². The zero-order chi connectivity index (χ0) is 14.2. The maximum atomic E-state index is 9.85. The van der Waals surface area contributed by atoms with Gasteiger partial charge in [0.1, 0.15) is 0 Å². The first-order valence-electron chi connectivity index (χ1n) is 6.20. The van der Waals surface area contributed by atoms with E-state index in [-0.39, 0.29) is 0 Å². The first-order valence-corrected chi connectivity index (χ1v) is 6.20. The van der Waals surface area contributed by atoms with E-state index in [4.69, 9.17) is 0 Å². The van der Waals surface area contributed by atoms with E-state index in [2.05, 4.69) is 24.0 Å². The van der Waals surface area contributed by atoms with Crippen LogP contribution in [0.2, 0.25) is 0 Å². The minimum atomic E-state index is 0.492. The average molecular weight is 250 g/mol. The second-order valence-electron chi connectivity index (χ2n) is 4.11. The second-order valence-corrected chi connectivity index (χ2v) is 4.11. The molecule has 0 aromatic rings. The van der Waals surface area contributed by atoms with Gasteiger partial charge in [-0.05, 0) is 45.6 Å². The highest BCUT2D eigenvalue weighted by atomic mass is 16.5. The Kier molecular flexibility index (Phi) is 16.1. The van der Waals surface area contributed by atoms with Crippen LogP contribution in [0.25, 0.3) is 0 Å². The molecule has 18 heavy (non-hydrogen) atoms. The molecule has 0 atom stereocenters. The van der Waals surface area contributed by atoms with Crippen molar-refractivity contribution < 1.29 is 9.53 Å². The van der Waals surface area contributed by atoms with Gasteiger partial charge < -0.3 is 4.74 Å². The molecular weight excluding hydrogens is 224 g/mol. The first kappa shape index (κ1) is 18.8. The van der Waals surface area contributed by atoms with Gasteiger partial charge in [0.25, 0.3) is 6.47 Å². The fourth-order valence-electron chi connectivity index (χ4n) is 1.15. The summed E-state index contributed by atoms with van der Waals surface area (Å²) in [6.07, 6.45) is 10.8. The minimum absolute atomic E-state index is 0.492.